The second kappa shape index (κ2) is 5.96. The molecule has 8 heteroatoms. The van der Waals surface area contributed by atoms with Crippen LogP contribution in [0.2, 0.25) is 0 Å². The molecule has 0 amide bonds. The highest BCUT2D eigenvalue weighted by Crippen LogP contribution is 2.27. The second-order valence-corrected chi connectivity index (χ2v) is 6.63. The zero-order valence-electron chi connectivity index (χ0n) is 12.2. The van der Waals surface area contributed by atoms with Gasteiger partial charge < -0.3 is 5.11 Å². The number of halogens is 2. The highest BCUT2D eigenvalue weighted by Gasteiger charge is 2.22. The first-order valence-electron chi connectivity index (χ1n) is 6.45. The molecule has 0 bridgehead atoms. The van der Waals surface area contributed by atoms with Crippen molar-refractivity contribution in [2.45, 2.75) is 18.7 Å². The van der Waals surface area contributed by atoms with Gasteiger partial charge >= 0.3 is 5.97 Å². The quantitative estimate of drug-likeness (QED) is 0.895. The Morgan fingerprint density at radius 3 is 2.17 bits per heavy atom. The second-order valence-electron chi connectivity index (χ2n) is 4.95. The summed E-state index contributed by atoms with van der Waals surface area (Å²) in [6.07, 6.45) is 0. The van der Waals surface area contributed by atoms with E-state index in [1.165, 1.54) is 32.0 Å². The maximum atomic E-state index is 14.0. The van der Waals surface area contributed by atoms with Crippen molar-refractivity contribution in [3.8, 4) is 0 Å². The van der Waals surface area contributed by atoms with Gasteiger partial charge in [-0.05, 0) is 43.2 Å². The molecular weight excluding hydrogens is 328 g/mol. The standard InChI is InChI=1S/C15H13F2NO4S/c1-8-6-9(2)13(17)14(12(8)16)18-23(21,22)11-5-3-4-10(7-11)15(19)20/h3-7,18H,1-2H3,(H,19,20). The predicted octanol–water partition coefficient (Wildman–Crippen LogP) is 3.08. The third-order valence-electron chi connectivity index (χ3n) is 3.19. The molecule has 2 aromatic carbocycles. The molecule has 2 rings (SSSR count). The van der Waals surface area contributed by atoms with E-state index in [9.17, 15) is 22.0 Å². The number of hydrogen-bond donors (Lipinski definition) is 2. The lowest BCUT2D eigenvalue weighted by Crippen LogP contribution is -2.16. The van der Waals surface area contributed by atoms with Gasteiger partial charge in [-0.2, -0.15) is 0 Å². The summed E-state index contributed by atoms with van der Waals surface area (Å²) in [7, 11) is -4.34. The Labute approximate surface area is 131 Å². The summed E-state index contributed by atoms with van der Waals surface area (Å²) in [6.45, 7) is 2.76. The smallest absolute Gasteiger partial charge is 0.335 e. The summed E-state index contributed by atoms with van der Waals surface area (Å²) in [5, 5.41) is 8.89. The Morgan fingerprint density at radius 2 is 1.65 bits per heavy atom. The summed E-state index contributed by atoms with van der Waals surface area (Å²) in [5.41, 5.74) is -0.876. The topological polar surface area (TPSA) is 83.5 Å². The first-order chi connectivity index (χ1) is 10.6. The van der Waals surface area contributed by atoms with E-state index in [2.05, 4.69) is 0 Å². The zero-order chi connectivity index (χ0) is 17.4. The first kappa shape index (κ1) is 16.9. The molecule has 2 N–H and O–H groups in total. The molecule has 0 aliphatic carbocycles. The highest BCUT2D eigenvalue weighted by atomic mass is 32.2. The number of aromatic carboxylic acids is 1. The zero-order valence-corrected chi connectivity index (χ0v) is 13.0. The molecule has 0 saturated heterocycles. The summed E-state index contributed by atoms with van der Waals surface area (Å²) < 4.78 is 54.5. The van der Waals surface area contributed by atoms with Gasteiger partial charge in [0.15, 0.2) is 11.6 Å². The molecule has 0 saturated carbocycles. The van der Waals surface area contributed by atoms with E-state index in [0.717, 1.165) is 12.1 Å². The van der Waals surface area contributed by atoms with Gasteiger partial charge in [0, 0.05) is 0 Å². The van der Waals surface area contributed by atoms with Gasteiger partial charge in [-0.15, -0.1) is 0 Å². The monoisotopic (exact) mass is 341 g/mol. The lowest BCUT2D eigenvalue weighted by molar-refractivity contribution is 0.0696. The fraction of sp³-hybridized carbons (Fsp3) is 0.133. The molecule has 0 aliphatic rings. The number of hydrogen-bond acceptors (Lipinski definition) is 3. The van der Waals surface area contributed by atoms with E-state index in [4.69, 9.17) is 5.11 Å². The van der Waals surface area contributed by atoms with Crippen LogP contribution in [0.15, 0.2) is 35.2 Å². The van der Waals surface area contributed by atoms with Gasteiger partial charge in [0.25, 0.3) is 10.0 Å². The van der Waals surface area contributed by atoms with E-state index in [-0.39, 0.29) is 16.7 Å². The van der Waals surface area contributed by atoms with Crippen molar-refractivity contribution in [2.75, 3.05) is 4.72 Å². The minimum atomic E-state index is -4.34. The van der Waals surface area contributed by atoms with Crippen molar-refractivity contribution < 1.29 is 27.1 Å². The molecule has 0 fully saturated rings. The SMILES string of the molecule is Cc1cc(C)c(F)c(NS(=O)(=O)c2cccc(C(=O)O)c2)c1F. The third kappa shape index (κ3) is 3.31. The molecule has 23 heavy (non-hydrogen) atoms. The van der Waals surface area contributed by atoms with Crippen LogP contribution >= 0.6 is 0 Å². The number of sulfonamides is 1. The van der Waals surface area contributed by atoms with Gasteiger partial charge in [0.1, 0.15) is 5.69 Å². The number of anilines is 1. The Morgan fingerprint density at radius 1 is 1.09 bits per heavy atom. The Balaban J connectivity index is 2.52. The fourth-order valence-electron chi connectivity index (χ4n) is 2.02. The van der Waals surface area contributed by atoms with E-state index in [1.54, 1.807) is 0 Å². The molecule has 0 radical (unpaired) electrons. The van der Waals surface area contributed by atoms with Gasteiger partial charge in [0.2, 0.25) is 0 Å². The van der Waals surface area contributed by atoms with Crippen molar-refractivity contribution in [1.82, 2.24) is 0 Å². The maximum Gasteiger partial charge on any atom is 0.335 e. The van der Waals surface area contributed by atoms with E-state index >= 15 is 0 Å². The average molecular weight is 341 g/mol. The molecule has 122 valence electrons. The maximum absolute atomic E-state index is 14.0. The Kier molecular flexibility index (Phi) is 4.37. The minimum absolute atomic E-state index is 0.0842. The van der Waals surface area contributed by atoms with Crippen LogP contribution in [-0.2, 0) is 10.0 Å². The number of carboxylic acids is 1. The minimum Gasteiger partial charge on any atom is -0.478 e. The first-order valence-corrected chi connectivity index (χ1v) is 7.93. The van der Waals surface area contributed by atoms with Crippen LogP contribution in [0.3, 0.4) is 0 Å². The van der Waals surface area contributed by atoms with E-state index in [1.807, 2.05) is 4.72 Å². The van der Waals surface area contributed by atoms with Crippen LogP contribution in [0.25, 0.3) is 0 Å². The molecule has 0 aliphatic heterocycles. The molecular formula is C15H13F2NO4S. The molecule has 0 spiro atoms. The van der Waals surface area contributed by atoms with Crippen molar-refractivity contribution in [1.29, 1.82) is 0 Å². The number of carboxylic acid groups (broad SMARTS) is 1. The summed E-state index contributed by atoms with van der Waals surface area (Å²) >= 11 is 0. The average Bonchev–Trinajstić information content (AvgIpc) is 2.50. The molecule has 0 unspecified atom stereocenters. The fourth-order valence-corrected chi connectivity index (χ4v) is 3.13. The van der Waals surface area contributed by atoms with Crippen LogP contribution in [-0.4, -0.2) is 19.5 Å². The normalized spacial score (nSPS) is 11.3. The summed E-state index contributed by atoms with van der Waals surface area (Å²) in [5.74, 6) is -3.36. The largest absolute Gasteiger partial charge is 0.478 e. The molecule has 0 atom stereocenters. The van der Waals surface area contributed by atoms with Crippen molar-refractivity contribution in [3.63, 3.8) is 0 Å². The van der Waals surface area contributed by atoms with Crippen LogP contribution in [0.4, 0.5) is 14.5 Å². The van der Waals surface area contributed by atoms with Gasteiger partial charge in [-0.3, -0.25) is 4.72 Å². The third-order valence-corrected chi connectivity index (χ3v) is 4.54. The summed E-state index contributed by atoms with van der Waals surface area (Å²) in [6, 6.07) is 5.73. The van der Waals surface area contributed by atoms with E-state index < -0.39 is 38.2 Å². The van der Waals surface area contributed by atoms with Crippen LogP contribution in [0, 0.1) is 25.5 Å². The van der Waals surface area contributed by atoms with E-state index in [0.29, 0.717) is 0 Å². The van der Waals surface area contributed by atoms with Crippen molar-refractivity contribution in [2.24, 2.45) is 0 Å². The molecule has 2 aromatic rings. The van der Waals surface area contributed by atoms with Crippen LogP contribution in [0.5, 0.6) is 0 Å². The van der Waals surface area contributed by atoms with Crippen LogP contribution < -0.4 is 4.72 Å². The van der Waals surface area contributed by atoms with Gasteiger partial charge in [-0.1, -0.05) is 12.1 Å². The van der Waals surface area contributed by atoms with Crippen molar-refractivity contribution in [3.05, 3.63) is 58.7 Å². The Hall–Kier alpha value is -2.48. The van der Waals surface area contributed by atoms with Gasteiger partial charge in [-0.25, -0.2) is 22.0 Å². The molecule has 5 nitrogen and oxygen atoms in total. The number of aryl methyl sites for hydroxylation is 2. The lowest BCUT2D eigenvalue weighted by atomic mass is 10.1. The summed E-state index contributed by atoms with van der Waals surface area (Å²) in [4.78, 5) is 10.5. The number of nitrogens with one attached hydrogen (secondary N) is 1. The number of benzene rings is 2. The highest BCUT2D eigenvalue weighted by molar-refractivity contribution is 7.92. The predicted molar refractivity (Wildman–Crippen MR) is 80.0 cm³/mol. The lowest BCUT2D eigenvalue weighted by Gasteiger charge is -2.13. The van der Waals surface area contributed by atoms with Crippen LogP contribution in [0.1, 0.15) is 21.5 Å². The van der Waals surface area contributed by atoms with Crippen molar-refractivity contribution >= 4 is 21.7 Å². The molecule has 0 aromatic heterocycles. The van der Waals surface area contributed by atoms with Gasteiger partial charge in [0.05, 0.1) is 10.5 Å². The number of carbonyl (C=O) groups is 1. The Bertz CT molecular complexity index is 868. The number of rotatable bonds is 4. The molecule has 0 heterocycles.